The lowest BCUT2D eigenvalue weighted by atomic mass is 10.1. The maximum absolute atomic E-state index is 5.47. The largest absolute Gasteiger partial charge is 0.379 e. The third-order valence-electron chi connectivity index (χ3n) is 5.19. The fourth-order valence-electron chi connectivity index (χ4n) is 3.81. The molecule has 0 saturated carbocycles. The Labute approximate surface area is 164 Å². The molecule has 0 N–H and O–H groups in total. The second kappa shape index (κ2) is 7.69. The van der Waals surface area contributed by atoms with Crippen molar-refractivity contribution in [2.45, 2.75) is 6.54 Å². The number of hydrogen-bond donors (Lipinski definition) is 0. The molecule has 138 valence electrons. The number of morpholine rings is 1. The van der Waals surface area contributed by atoms with E-state index in [0.29, 0.717) is 0 Å². The monoisotopic (exact) mass is 379 g/mol. The van der Waals surface area contributed by atoms with Crippen molar-refractivity contribution in [3.63, 3.8) is 0 Å². The summed E-state index contributed by atoms with van der Waals surface area (Å²) in [5.74, 6) is 0. The van der Waals surface area contributed by atoms with Crippen LogP contribution in [0.25, 0.3) is 27.5 Å². The molecule has 0 unspecified atom stereocenters. The number of halogens is 1. The Morgan fingerprint density at radius 2 is 1.85 bits per heavy atom. The third kappa shape index (κ3) is 3.44. The van der Waals surface area contributed by atoms with Crippen LogP contribution in [0.3, 0.4) is 0 Å². The lowest BCUT2D eigenvalue weighted by Crippen LogP contribution is -2.35. The Kier molecular flexibility index (Phi) is 5.12. The Balaban J connectivity index is 0.00000180. The molecule has 0 radical (unpaired) electrons. The zero-order valence-corrected chi connectivity index (χ0v) is 15.9. The fraction of sp³-hybridized carbons (Fsp3) is 0.227. The molecule has 27 heavy (non-hydrogen) atoms. The molecule has 4 aromatic rings. The van der Waals surface area contributed by atoms with Gasteiger partial charge < -0.3 is 9.30 Å². The number of rotatable bonds is 3. The van der Waals surface area contributed by atoms with Gasteiger partial charge in [-0.15, -0.1) is 12.4 Å². The van der Waals surface area contributed by atoms with E-state index in [0.717, 1.165) is 43.8 Å². The van der Waals surface area contributed by atoms with E-state index in [1.54, 1.807) is 0 Å². The molecule has 1 saturated heterocycles. The van der Waals surface area contributed by atoms with Gasteiger partial charge in [0.25, 0.3) is 0 Å². The molecule has 0 bridgehead atoms. The first kappa shape index (κ1) is 18.0. The number of ether oxygens (including phenoxy) is 1. The van der Waals surface area contributed by atoms with Gasteiger partial charge in [-0.1, -0.05) is 18.2 Å². The van der Waals surface area contributed by atoms with E-state index < -0.39 is 0 Å². The zero-order valence-electron chi connectivity index (χ0n) is 15.0. The highest BCUT2D eigenvalue weighted by Crippen LogP contribution is 2.26. The number of aromatic nitrogens is 2. The van der Waals surface area contributed by atoms with Gasteiger partial charge in [-0.05, 0) is 42.0 Å². The van der Waals surface area contributed by atoms with Crippen LogP contribution in [0.5, 0.6) is 0 Å². The van der Waals surface area contributed by atoms with Crippen LogP contribution in [0.4, 0.5) is 0 Å². The lowest BCUT2D eigenvalue weighted by molar-refractivity contribution is 0.0344. The summed E-state index contributed by atoms with van der Waals surface area (Å²) in [4.78, 5) is 6.89. The van der Waals surface area contributed by atoms with Crippen molar-refractivity contribution in [2.24, 2.45) is 0 Å². The summed E-state index contributed by atoms with van der Waals surface area (Å²) in [6.45, 7) is 4.67. The zero-order chi connectivity index (χ0) is 17.3. The van der Waals surface area contributed by atoms with E-state index in [1.165, 1.54) is 22.2 Å². The van der Waals surface area contributed by atoms with Crippen molar-refractivity contribution in [2.75, 3.05) is 26.3 Å². The van der Waals surface area contributed by atoms with Gasteiger partial charge in [0.15, 0.2) is 0 Å². The number of pyridine rings is 1. The molecule has 2 aromatic heterocycles. The Morgan fingerprint density at radius 1 is 0.963 bits per heavy atom. The Hall–Kier alpha value is -2.40. The Morgan fingerprint density at radius 3 is 2.74 bits per heavy atom. The van der Waals surface area contributed by atoms with Crippen molar-refractivity contribution in [1.29, 1.82) is 0 Å². The second-order valence-corrected chi connectivity index (χ2v) is 6.80. The quantitative estimate of drug-likeness (QED) is 0.527. The van der Waals surface area contributed by atoms with Crippen LogP contribution in [0.1, 0.15) is 5.56 Å². The predicted molar refractivity (Wildman–Crippen MR) is 112 cm³/mol. The molecule has 0 spiro atoms. The first-order chi connectivity index (χ1) is 12.9. The molecule has 1 aliphatic heterocycles. The number of hydrogen-bond acceptors (Lipinski definition) is 3. The van der Waals surface area contributed by atoms with Crippen molar-refractivity contribution in [1.82, 2.24) is 14.5 Å². The molecule has 0 aliphatic carbocycles. The van der Waals surface area contributed by atoms with Gasteiger partial charge in [-0.3, -0.25) is 9.88 Å². The Bertz CT molecular complexity index is 1070. The van der Waals surface area contributed by atoms with Crippen molar-refractivity contribution >= 4 is 34.2 Å². The molecule has 4 nitrogen and oxygen atoms in total. The van der Waals surface area contributed by atoms with Crippen LogP contribution in [-0.4, -0.2) is 40.8 Å². The van der Waals surface area contributed by atoms with E-state index in [1.807, 2.05) is 12.3 Å². The van der Waals surface area contributed by atoms with E-state index in [-0.39, 0.29) is 12.4 Å². The van der Waals surface area contributed by atoms with Crippen molar-refractivity contribution < 1.29 is 4.74 Å². The fourth-order valence-corrected chi connectivity index (χ4v) is 3.81. The van der Waals surface area contributed by atoms with Gasteiger partial charge in [-0.25, -0.2) is 0 Å². The van der Waals surface area contributed by atoms with Crippen LogP contribution in [0.2, 0.25) is 0 Å². The highest BCUT2D eigenvalue weighted by atomic mass is 35.5. The predicted octanol–water partition coefficient (Wildman–Crippen LogP) is 4.43. The summed E-state index contributed by atoms with van der Waals surface area (Å²) >= 11 is 0. The smallest absolute Gasteiger partial charge is 0.0703 e. The SMILES string of the molecule is Cl.c1cnc2ccc(-n3ccc4c(CN5CCOCC5)cccc43)cc2c1. The first-order valence-electron chi connectivity index (χ1n) is 9.13. The van der Waals surface area contributed by atoms with Gasteiger partial charge in [0.2, 0.25) is 0 Å². The van der Waals surface area contributed by atoms with Gasteiger partial charge in [0, 0.05) is 48.5 Å². The topological polar surface area (TPSA) is 30.3 Å². The molecular formula is C22H22ClN3O. The van der Waals surface area contributed by atoms with Crippen LogP contribution < -0.4 is 0 Å². The van der Waals surface area contributed by atoms with Gasteiger partial charge >= 0.3 is 0 Å². The molecule has 5 heteroatoms. The van der Waals surface area contributed by atoms with E-state index in [2.05, 4.69) is 69.2 Å². The minimum Gasteiger partial charge on any atom is -0.379 e. The van der Waals surface area contributed by atoms with Crippen LogP contribution in [0.15, 0.2) is 67.0 Å². The summed E-state index contributed by atoms with van der Waals surface area (Å²) < 4.78 is 7.74. The number of nitrogens with zero attached hydrogens (tertiary/aromatic N) is 3. The van der Waals surface area contributed by atoms with Gasteiger partial charge in [-0.2, -0.15) is 0 Å². The molecule has 0 atom stereocenters. The number of fused-ring (bicyclic) bond motifs is 2. The van der Waals surface area contributed by atoms with E-state index >= 15 is 0 Å². The molecule has 3 heterocycles. The van der Waals surface area contributed by atoms with Crippen molar-refractivity contribution in [3.05, 3.63) is 72.6 Å². The highest BCUT2D eigenvalue weighted by Gasteiger charge is 2.13. The van der Waals surface area contributed by atoms with Crippen molar-refractivity contribution in [3.8, 4) is 5.69 Å². The minimum absolute atomic E-state index is 0. The maximum Gasteiger partial charge on any atom is 0.0703 e. The van der Waals surface area contributed by atoms with Gasteiger partial charge in [0.1, 0.15) is 0 Å². The molecule has 5 rings (SSSR count). The maximum atomic E-state index is 5.47. The van der Waals surface area contributed by atoms with Crippen LogP contribution >= 0.6 is 12.4 Å². The average molecular weight is 380 g/mol. The third-order valence-corrected chi connectivity index (χ3v) is 5.19. The molecule has 0 amide bonds. The minimum atomic E-state index is 0. The summed E-state index contributed by atoms with van der Waals surface area (Å²) in [7, 11) is 0. The number of benzene rings is 2. The summed E-state index contributed by atoms with van der Waals surface area (Å²) in [6, 6.07) is 19.4. The summed E-state index contributed by atoms with van der Waals surface area (Å²) in [5, 5.41) is 2.49. The molecule has 2 aromatic carbocycles. The second-order valence-electron chi connectivity index (χ2n) is 6.80. The standard InChI is InChI=1S/C22H21N3O.ClH/c1-3-18(16-24-11-13-26-14-12-24)20-8-10-25(22(20)5-1)19-6-7-21-17(15-19)4-2-9-23-21;/h1-10,15H,11-14,16H2;1H. The van der Waals surface area contributed by atoms with E-state index in [4.69, 9.17) is 4.74 Å². The van der Waals surface area contributed by atoms with E-state index in [9.17, 15) is 0 Å². The molecular weight excluding hydrogens is 358 g/mol. The highest BCUT2D eigenvalue weighted by molar-refractivity contribution is 5.87. The van der Waals surface area contributed by atoms with Crippen LogP contribution in [-0.2, 0) is 11.3 Å². The first-order valence-corrected chi connectivity index (χ1v) is 9.13. The lowest BCUT2D eigenvalue weighted by Gasteiger charge is -2.26. The average Bonchev–Trinajstić information content (AvgIpc) is 3.14. The van der Waals surface area contributed by atoms with Gasteiger partial charge in [0.05, 0.1) is 24.2 Å². The molecule has 1 aliphatic rings. The summed E-state index contributed by atoms with van der Waals surface area (Å²) in [6.07, 6.45) is 4.01. The normalized spacial score (nSPS) is 15.1. The van der Waals surface area contributed by atoms with Crippen LogP contribution in [0, 0.1) is 0 Å². The molecule has 1 fully saturated rings. The summed E-state index contributed by atoms with van der Waals surface area (Å²) in [5.41, 5.74) is 4.83.